The van der Waals surface area contributed by atoms with Gasteiger partial charge >= 0.3 is 5.97 Å². The van der Waals surface area contributed by atoms with Crippen LogP contribution in [-0.4, -0.2) is 23.0 Å². The number of halogens is 1. The fraction of sp³-hybridized carbons (Fsp3) is 0.118. The first kappa shape index (κ1) is 15.4. The van der Waals surface area contributed by atoms with E-state index in [0.717, 1.165) is 26.8 Å². The number of nitrogens with zero attached hydrogens (tertiary/aromatic N) is 2. The molecule has 0 aliphatic carbocycles. The van der Waals surface area contributed by atoms with Gasteiger partial charge in [-0.15, -0.1) is 0 Å². The van der Waals surface area contributed by atoms with Gasteiger partial charge in [-0.05, 0) is 29.8 Å². The number of fused-ring (bicyclic) bond motifs is 1. The quantitative estimate of drug-likeness (QED) is 0.706. The van der Waals surface area contributed by atoms with Gasteiger partial charge in [-0.3, -0.25) is 0 Å². The molecule has 3 rings (SSSR count). The van der Waals surface area contributed by atoms with Crippen LogP contribution in [0.4, 0.5) is 5.82 Å². The zero-order valence-corrected chi connectivity index (χ0v) is 14.0. The van der Waals surface area contributed by atoms with Crippen molar-refractivity contribution in [3.05, 3.63) is 64.4 Å². The van der Waals surface area contributed by atoms with Gasteiger partial charge < -0.3 is 10.1 Å². The van der Waals surface area contributed by atoms with E-state index in [9.17, 15) is 4.79 Å². The zero-order valence-electron chi connectivity index (χ0n) is 12.4. The van der Waals surface area contributed by atoms with E-state index in [1.807, 2.05) is 30.3 Å². The number of nitrogens with one attached hydrogen (secondary N) is 1. The first-order valence-electron chi connectivity index (χ1n) is 6.99. The van der Waals surface area contributed by atoms with Crippen LogP contribution in [0.15, 0.2) is 53.3 Å². The summed E-state index contributed by atoms with van der Waals surface area (Å²) in [6, 6.07) is 13.2. The van der Waals surface area contributed by atoms with Crippen molar-refractivity contribution < 1.29 is 9.53 Å². The topological polar surface area (TPSA) is 64.1 Å². The summed E-state index contributed by atoms with van der Waals surface area (Å²) in [6.07, 6.45) is 1.54. The Kier molecular flexibility index (Phi) is 4.52. The van der Waals surface area contributed by atoms with Gasteiger partial charge in [0.2, 0.25) is 0 Å². The molecule has 0 atom stereocenters. The molecule has 1 N–H and O–H groups in total. The molecule has 116 valence electrons. The highest BCUT2D eigenvalue weighted by Crippen LogP contribution is 2.22. The number of benzene rings is 2. The Bertz CT molecular complexity index is 862. The third-order valence-corrected chi connectivity index (χ3v) is 4.20. The van der Waals surface area contributed by atoms with Crippen molar-refractivity contribution in [2.24, 2.45) is 0 Å². The van der Waals surface area contributed by atoms with Gasteiger partial charge in [-0.1, -0.05) is 34.1 Å². The van der Waals surface area contributed by atoms with Gasteiger partial charge in [0.25, 0.3) is 0 Å². The standard InChI is InChI=1S/C17H14BrN3O2/c1-23-17(22)11-6-7-12(14(18)8-11)9-19-16-13-4-2-3-5-15(13)20-10-21-16/h2-8,10H,9H2,1H3,(H,19,20,21). The fourth-order valence-corrected chi connectivity index (χ4v) is 2.78. The predicted molar refractivity (Wildman–Crippen MR) is 92.3 cm³/mol. The fourth-order valence-electron chi connectivity index (χ4n) is 2.26. The van der Waals surface area contributed by atoms with E-state index in [1.165, 1.54) is 7.11 Å². The highest BCUT2D eigenvalue weighted by molar-refractivity contribution is 9.10. The van der Waals surface area contributed by atoms with Crippen molar-refractivity contribution in [2.45, 2.75) is 6.54 Å². The Balaban J connectivity index is 1.81. The summed E-state index contributed by atoms with van der Waals surface area (Å²) in [5, 5.41) is 4.28. The molecule has 0 fully saturated rings. The van der Waals surface area contributed by atoms with E-state index in [2.05, 4.69) is 31.2 Å². The normalized spacial score (nSPS) is 10.5. The molecule has 0 unspecified atom stereocenters. The number of aromatic nitrogens is 2. The highest BCUT2D eigenvalue weighted by Gasteiger charge is 2.09. The first-order valence-corrected chi connectivity index (χ1v) is 7.78. The number of carbonyl (C=O) groups excluding carboxylic acids is 1. The molecule has 1 heterocycles. The van der Waals surface area contributed by atoms with Crippen molar-refractivity contribution in [3.8, 4) is 0 Å². The van der Waals surface area contributed by atoms with Gasteiger partial charge in [0.1, 0.15) is 12.1 Å². The van der Waals surface area contributed by atoms with Crippen LogP contribution in [0.5, 0.6) is 0 Å². The lowest BCUT2D eigenvalue weighted by molar-refractivity contribution is 0.0600. The lowest BCUT2D eigenvalue weighted by Crippen LogP contribution is -2.05. The summed E-state index contributed by atoms with van der Waals surface area (Å²) >= 11 is 3.49. The predicted octanol–water partition coefficient (Wildman–Crippen LogP) is 3.79. The molecule has 0 saturated heterocycles. The molecule has 5 nitrogen and oxygen atoms in total. The van der Waals surface area contributed by atoms with Crippen LogP contribution in [0.3, 0.4) is 0 Å². The van der Waals surface area contributed by atoms with E-state index >= 15 is 0 Å². The number of hydrogen-bond acceptors (Lipinski definition) is 5. The second kappa shape index (κ2) is 6.75. The Hall–Kier alpha value is -2.47. The Labute approximate surface area is 141 Å². The number of anilines is 1. The van der Waals surface area contributed by atoms with E-state index in [1.54, 1.807) is 18.5 Å². The van der Waals surface area contributed by atoms with Gasteiger partial charge in [-0.2, -0.15) is 0 Å². The minimum absolute atomic E-state index is 0.355. The molecule has 0 bridgehead atoms. The second-order valence-corrected chi connectivity index (χ2v) is 5.75. The molecular weight excluding hydrogens is 358 g/mol. The van der Waals surface area contributed by atoms with Crippen LogP contribution >= 0.6 is 15.9 Å². The van der Waals surface area contributed by atoms with Crippen molar-refractivity contribution in [1.29, 1.82) is 0 Å². The molecule has 1 aromatic heterocycles. The average Bonchev–Trinajstić information content (AvgIpc) is 2.60. The number of para-hydroxylation sites is 1. The average molecular weight is 372 g/mol. The van der Waals surface area contributed by atoms with Crippen LogP contribution in [0, 0.1) is 0 Å². The molecule has 3 aromatic rings. The maximum Gasteiger partial charge on any atom is 0.337 e. The largest absolute Gasteiger partial charge is 0.465 e. The molecular formula is C17H14BrN3O2. The van der Waals surface area contributed by atoms with E-state index in [4.69, 9.17) is 4.74 Å². The lowest BCUT2D eigenvalue weighted by atomic mass is 10.1. The molecule has 0 amide bonds. The molecule has 0 aliphatic heterocycles. The SMILES string of the molecule is COC(=O)c1ccc(CNc2ncnc3ccccc23)c(Br)c1. The van der Waals surface area contributed by atoms with Crippen LogP contribution < -0.4 is 5.32 Å². The van der Waals surface area contributed by atoms with E-state index in [-0.39, 0.29) is 5.97 Å². The lowest BCUT2D eigenvalue weighted by Gasteiger charge is -2.10. The number of esters is 1. The first-order chi connectivity index (χ1) is 11.2. The minimum Gasteiger partial charge on any atom is -0.465 e. The molecule has 0 saturated carbocycles. The highest BCUT2D eigenvalue weighted by atomic mass is 79.9. The number of hydrogen-bond donors (Lipinski definition) is 1. The second-order valence-electron chi connectivity index (χ2n) is 4.89. The van der Waals surface area contributed by atoms with Gasteiger partial charge in [0.15, 0.2) is 0 Å². The monoisotopic (exact) mass is 371 g/mol. The summed E-state index contributed by atoms with van der Waals surface area (Å²) < 4.78 is 5.56. The van der Waals surface area contributed by atoms with Crippen LogP contribution in [0.1, 0.15) is 15.9 Å². The summed E-state index contributed by atoms with van der Waals surface area (Å²) in [7, 11) is 1.37. The maximum atomic E-state index is 11.5. The molecule has 0 spiro atoms. The van der Waals surface area contributed by atoms with E-state index < -0.39 is 0 Å². The Morgan fingerprint density at radius 1 is 1.22 bits per heavy atom. The molecule has 23 heavy (non-hydrogen) atoms. The molecule has 2 aromatic carbocycles. The van der Waals surface area contributed by atoms with Crippen molar-refractivity contribution in [1.82, 2.24) is 9.97 Å². The summed E-state index contributed by atoms with van der Waals surface area (Å²) in [6.45, 7) is 0.572. The molecule has 0 radical (unpaired) electrons. The van der Waals surface area contributed by atoms with Crippen molar-refractivity contribution in [2.75, 3.05) is 12.4 Å². The molecule has 0 aliphatic rings. The summed E-state index contributed by atoms with van der Waals surface area (Å²) in [5.74, 6) is 0.423. The van der Waals surface area contributed by atoms with Crippen LogP contribution in [-0.2, 0) is 11.3 Å². The summed E-state index contributed by atoms with van der Waals surface area (Å²) in [4.78, 5) is 20.1. The number of methoxy groups -OCH3 is 1. The number of carbonyl (C=O) groups is 1. The minimum atomic E-state index is -0.355. The van der Waals surface area contributed by atoms with Crippen molar-refractivity contribution >= 4 is 38.6 Å². The van der Waals surface area contributed by atoms with Gasteiger partial charge in [0.05, 0.1) is 18.2 Å². The molecule has 6 heteroatoms. The van der Waals surface area contributed by atoms with Crippen LogP contribution in [0.2, 0.25) is 0 Å². The third-order valence-electron chi connectivity index (χ3n) is 3.46. The van der Waals surface area contributed by atoms with E-state index in [0.29, 0.717) is 12.1 Å². The van der Waals surface area contributed by atoms with Gasteiger partial charge in [0, 0.05) is 16.4 Å². The Morgan fingerprint density at radius 2 is 2.04 bits per heavy atom. The van der Waals surface area contributed by atoms with Crippen LogP contribution in [0.25, 0.3) is 10.9 Å². The summed E-state index contributed by atoms with van der Waals surface area (Å²) in [5.41, 5.74) is 2.42. The number of ether oxygens (including phenoxy) is 1. The zero-order chi connectivity index (χ0) is 16.2. The third kappa shape index (κ3) is 3.32. The van der Waals surface area contributed by atoms with Crippen molar-refractivity contribution in [3.63, 3.8) is 0 Å². The Morgan fingerprint density at radius 3 is 2.83 bits per heavy atom. The van der Waals surface area contributed by atoms with Gasteiger partial charge in [-0.25, -0.2) is 14.8 Å². The number of rotatable bonds is 4. The maximum absolute atomic E-state index is 11.5. The smallest absolute Gasteiger partial charge is 0.337 e.